The van der Waals surface area contributed by atoms with Crippen LogP contribution < -0.4 is 9.57 Å². The Hall–Kier alpha value is -1.64. The van der Waals surface area contributed by atoms with Crippen LogP contribution in [0, 0.1) is 6.07 Å². The number of para-hydroxylation sites is 1. The summed E-state index contributed by atoms with van der Waals surface area (Å²) in [5, 5.41) is 0.987. The van der Waals surface area contributed by atoms with Crippen molar-refractivity contribution in [3.63, 3.8) is 0 Å². The van der Waals surface area contributed by atoms with E-state index in [0.717, 1.165) is 10.9 Å². The Morgan fingerprint density at radius 2 is 2.00 bits per heavy atom. The molecule has 1 heterocycles. The van der Waals surface area contributed by atoms with Crippen molar-refractivity contribution in [2.45, 2.75) is 0 Å². The van der Waals surface area contributed by atoms with Gasteiger partial charge in [-0.3, -0.25) is 0 Å². The standard InChI is InChI=1S/C10H10NO2/c1-12-10-7-8-5-3-4-6-9(8)11(10)13-2/h3-6H,1-2H3. The minimum Gasteiger partial charge on any atom is -0.480 e. The zero-order valence-corrected chi connectivity index (χ0v) is 7.57. The molecule has 0 atom stereocenters. The number of fused-ring (bicyclic) bond motifs is 1. The van der Waals surface area contributed by atoms with Gasteiger partial charge in [-0.25, -0.2) is 0 Å². The van der Waals surface area contributed by atoms with E-state index in [1.807, 2.05) is 24.3 Å². The van der Waals surface area contributed by atoms with Gasteiger partial charge in [-0.1, -0.05) is 18.2 Å². The first kappa shape index (κ1) is 7.98. The largest absolute Gasteiger partial charge is 0.480 e. The maximum absolute atomic E-state index is 5.15. The van der Waals surface area contributed by atoms with E-state index in [0.29, 0.717) is 5.88 Å². The average molecular weight is 176 g/mol. The summed E-state index contributed by atoms with van der Waals surface area (Å²) >= 11 is 0. The second-order valence-electron chi connectivity index (χ2n) is 2.63. The Morgan fingerprint density at radius 3 is 2.69 bits per heavy atom. The van der Waals surface area contributed by atoms with Crippen molar-refractivity contribution in [2.75, 3.05) is 14.2 Å². The van der Waals surface area contributed by atoms with Crippen molar-refractivity contribution in [3.05, 3.63) is 30.3 Å². The smallest absolute Gasteiger partial charge is 0.236 e. The monoisotopic (exact) mass is 176 g/mol. The zero-order chi connectivity index (χ0) is 9.26. The first-order valence-corrected chi connectivity index (χ1v) is 3.98. The molecule has 0 aliphatic heterocycles. The van der Waals surface area contributed by atoms with Crippen molar-refractivity contribution in [3.8, 4) is 5.88 Å². The third-order valence-electron chi connectivity index (χ3n) is 1.92. The molecular weight excluding hydrogens is 166 g/mol. The summed E-state index contributed by atoms with van der Waals surface area (Å²) in [6, 6.07) is 10.9. The number of ether oxygens (including phenoxy) is 1. The van der Waals surface area contributed by atoms with Crippen molar-refractivity contribution in [1.29, 1.82) is 0 Å². The van der Waals surface area contributed by atoms with Gasteiger partial charge in [-0.05, 0) is 6.07 Å². The first-order valence-electron chi connectivity index (χ1n) is 3.98. The van der Waals surface area contributed by atoms with Crippen molar-refractivity contribution in [2.24, 2.45) is 0 Å². The molecule has 0 unspecified atom stereocenters. The van der Waals surface area contributed by atoms with E-state index in [1.54, 1.807) is 19.0 Å². The second-order valence-corrected chi connectivity index (χ2v) is 2.63. The number of methoxy groups -OCH3 is 1. The molecule has 0 spiro atoms. The van der Waals surface area contributed by atoms with Gasteiger partial charge in [0.05, 0.1) is 18.7 Å². The molecule has 0 aliphatic carbocycles. The van der Waals surface area contributed by atoms with Crippen LogP contribution in [0.25, 0.3) is 10.9 Å². The molecule has 1 aromatic carbocycles. The fourth-order valence-corrected chi connectivity index (χ4v) is 1.35. The van der Waals surface area contributed by atoms with Gasteiger partial charge < -0.3 is 9.57 Å². The highest BCUT2D eigenvalue weighted by Gasteiger charge is 2.08. The van der Waals surface area contributed by atoms with Crippen LogP contribution in [0.15, 0.2) is 24.3 Å². The summed E-state index contributed by atoms with van der Waals surface area (Å²) in [5.41, 5.74) is 0.960. The minimum atomic E-state index is 0.587. The lowest BCUT2D eigenvalue weighted by Crippen LogP contribution is -2.06. The number of nitrogens with zero attached hydrogens (tertiary/aromatic N) is 1. The van der Waals surface area contributed by atoms with Gasteiger partial charge in [-0.15, -0.1) is 4.73 Å². The normalized spacial score (nSPS) is 10.3. The lowest BCUT2D eigenvalue weighted by molar-refractivity contribution is 0.150. The van der Waals surface area contributed by atoms with E-state index in [4.69, 9.17) is 9.57 Å². The van der Waals surface area contributed by atoms with Gasteiger partial charge in [0.1, 0.15) is 7.11 Å². The van der Waals surface area contributed by atoms with Crippen LogP contribution in [0.2, 0.25) is 0 Å². The number of rotatable bonds is 2. The van der Waals surface area contributed by atoms with Crippen LogP contribution >= 0.6 is 0 Å². The maximum Gasteiger partial charge on any atom is 0.236 e. The van der Waals surface area contributed by atoms with Crippen LogP contribution in [0.5, 0.6) is 5.88 Å². The Labute approximate surface area is 76.4 Å². The molecule has 67 valence electrons. The van der Waals surface area contributed by atoms with E-state index in [2.05, 4.69) is 6.07 Å². The lowest BCUT2D eigenvalue weighted by Gasteiger charge is -2.05. The van der Waals surface area contributed by atoms with E-state index >= 15 is 0 Å². The van der Waals surface area contributed by atoms with E-state index < -0.39 is 0 Å². The molecule has 0 saturated heterocycles. The van der Waals surface area contributed by atoms with Crippen molar-refractivity contribution < 1.29 is 9.57 Å². The van der Waals surface area contributed by atoms with Crippen LogP contribution in [-0.4, -0.2) is 19.0 Å². The molecule has 0 N–H and O–H groups in total. The highest BCUT2D eigenvalue weighted by molar-refractivity contribution is 5.81. The van der Waals surface area contributed by atoms with Crippen LogP contribution in [0.1, 0.15) is 0 Å². The quantitative estimate of drug-likeness (QED) is 0.692. The van der Waals surface area contributed by atoms with Gasteiger partial charge in [0, 0.05) is 5.39 Å². The number of hydrogen-bond acceptors (Lipinski definition) is 2. The molecule has 0 aliphatic rings. The van der Waals surface area contributed by atoms with Crippen molar-refractivity contribution in [1.82, 2.24) is 4.73 Å². The van der Waals surface area contributed by atoms with Crippen molar-refractivity contribution >= 4 is 10.9 Å². The highest BCUT2D eigenvalue weighted by atomic mass is 16.7. The SMILES string of the molecule is COc1[c]c2ccccc2n1OC. The van der Waals surface area contributed by atoms with E-state index in [9.17, 15) is 0 Å². The molecule has 3 heteroatoms. The van der Waals surface area contributed by atoms with Crippen LogP contribution in [0.4, 0.5) is 0 Å². The summed E-state index contributed by atoms with van der Waals surface area (Å²) in [6.07, 6.45) is 0. The van der Waals surface area contributed by atoms with Gasteiger partial charge in [0.2, 0.25) is 5.88 Å². The molecule has 3 nitrogen and oxygen atoms in total. The summed E-state index contributed by atoms with van der Waals surface area (Å²) in [4.78, 5) is 5.15. The van der Waals surface area contributed by atoms with E-state index in [-0.39, 0.29) is 0 Å². The summed E-state index contributed by atoms with van der Waals surface area (Å²) in [6.45, 7) is 0. The average Bonchev–Trinajstić information content (AvgIpc) is 2.55. The number of hydrogen-bond donors (Lipinski definition) is 0. The Kier molecular flexibility index (Phi) is 1.85. The predicted molar refractivity (Wildman–Crippen MR) is 49.8 cm³/mol. The molecule has 0 saturated carbocycles. The number of aromatic nitrogens is 1. The topological polar surface area (TPSA) is 23.4 Å². The molecule has 0 fully saturated rings. The first-order chi connectivity index (χ1) is 6.36. The molecular formula is C10H10NO2. The van der Waals surface area contributed by atoms with Crippen LogP contribution in [0.3, 0.4) is 0 Å². The molecule has 0 bridgehead atoms. The molecule has 1 aromatic heterocycles. The predicted octanol–water partition coefficient (Wildman–Crippen LogP) is 1.51. The van der Waals surface area contributed by atoms with E-state index in [1.165, 1.54) is 0 Å². The van der Waals surface area contributed by atoms with Gasteiger partial charge in [0.15, 0.2) is 0 Å². The summed E-state index contributed by atoms with van der Waals surface area (Å²) in [5.74, 6) is 0.587. The third kappa shape index (κ3) is 1.13. The van der Waals surface area contributed by atoms with Gasteiger partial charge >= 0.3 is 0 Å². The maximum atomic E-state index is 5.15. The molecule has 0 amide bonds. The zero-order valence-electron chi connectivity index (χ0n) is 7.57. The number of benzene rings is 1. The van der Waals surface area contributed by atoms with Gasteiger partial charge in [0.25, 0.3) is 0 Å². The fraction of sp³-hybridized carbons (Fsp3) is 0.200. The lowest BCUT2D eigenvalue weighted by atomic mass is 10.3. The Morgan fingerprint density at radius 1 is 1.23 bits per heavy atom. The molecule has 2 aromatic rings. The Bertz CT molecular complexity index is 420. The fourth-order valence-electron chi connectivity index (χ4n) is 1.35. The highest BCUT2D eigenvalue weighted by Crippen LogP contribution is 2.22. The molecule has 1 radical (unpaired) electrons. The van der Waals surface area contributed by atoms with Gasteiger partial charge in [-0.2, -0.15) is 0 Å². The second kappa shape index (κ2) is 3.01. The minimum absolute atomic E-state index is 0.587. The van der Waals surface area contributed by atoms with Crippen LogP contribution in [-0.2, 0) is 0 Å². The summed E-state index contributed by atoms with van der Waals surface area (Å²) in [7, 11) is 3.20. The third-order valence-corrected chi connectivity index (χ3v) is 1.92. The summed E-state index contributed by atoms with van der Waals surface area (Å²) < 4.78 is 6.71. The Balaban J connectivity index is 2.73. The molecule has 2 rings (SSSR count). The molecule has 13 heavy (non-hydrogen) atoms.